The smallest absolute Gasteiger partial charge is 0.261 e. The zero-order chi connectivity index (χ0) is 13.4. The molecule has 0 atom stereocenters. The van der Waals surface area contributed by atoms with Crippen LogP contribution in [0.25, 0.3) is 0 Å². The number of halogens is 3. The molecule has 0 radical (unpaired) electrons. The standard InChI is InChI=1S/C12H14BrF2NO2/c13-7-9-3-1-2-4-10(9)16-12(17)5-6-18-8-11(14)15/h1-4,11H,5-8H2,(H,16,17). The third kappa shape index (κ3) is 5.55. The number of nitrogens with one attached hydrogen (secondary N) is 1. The minimum atomic E-state index is -2.50. The van der Waals surface area contributed by atoms with Crippen LogP contribution in [0.1, 0.15) is 12.0 Å². The number of alkyl halides is 3. The zero-order valence-corrected chi connectivity index (χ0v) is 11.3. The molecule has 0 aliphatic carbocycles. The average molecular weight is 322 g/mol. The molecule has 18 heavy (non-hydrogen) atoms. The fourth-order valence-electron chi connectivity index (χ4n) is 1.31. The number of carbonyl (C=O) groups is 1. The van der Waals surface area contributed by atoms with Crippen molar-refractivity contribution >= 4 is 27.5 Å². The molecule has 1 amide bonds. The molecule has 0 saturated heterocycles. The number of benzene rings is 1. The second kappa shape index (κ2) is 8.16. The van der Waals surface area contributed by atoms with Gasteiger partial charge in [0.2, 0.25) is 5.91 Å². The van der Waals surface area contributed by atoms with Crippen molar-refractivity contribution in [3.8, 4) is 0 Å². The number of hydrogen-bond acceptors (Lipinski definition) is 2. The summed E-state index contributed by atoms with van der Waals surface area (Å²) in [6.07, 6.45) is -2.44. The number of hydrogen-bond donors (Lipinski definition) is 1. The van der Waals surface area contributed by atoms with Crippen LogP contribution in [0.4, 0.5) is 14.5 Å². The van der Waals surface area contributed by atoms with Crippen LogP contribution in [0, 0.1) is 0 Å². The van der Waals surface area contributed by atoms with Crippen LogP contribution in [0.2, 0.25) is 0 Å². The lowest BCUT2D eigenvalue weighted by molar-refractivity contribution is -0.117. The van der Waals surface area contributed by atoms with E-state index in [-0.39, 0.29) is 18.9 Å². The van der Waals surface area contributed by atoms with E-state index in [1.165, 1.54) is 0 Å². The summed E-state index contributed by atoms with van der Waals surface area (Å²) in [7, 11) is 0. The van der Waals surface area contributed by atoms with E-state index in [2.05, 4.69) is 26.0 Å². The molecule has 0 saturated carbocycles. The highest BCUT2D eigenvalue weighted by Gasteiger charge is 2.07. The molecule has 0 bridgehead atoms. The van der Waals surface area contributed by atoms with Crippen LogP contribution in [-0.4, -0.2) is 25.5 Å². The molecule has 6 heteroatoms. The summed E-state index contributed by atoms with van der Waals surface area (Å²) in [5.74, 6) is -0.252. The molecule has 0 aromatic heterocycles. The first-order chi connectivity index (χ1) is 8.63. The topological polar surface area (TPSA) is 38.3 Å². The van der Waals surface area contributed by atoms with Gasteiger partial charge in [0, 0.05) is 11.0 Å². The zero-order valence-electron chi connectivity index (χ0n) is 9.67. The van der Waals surface area contributed by atoms with Gasteiger partial charge in [-0.2, -0.15) is 0 Å². The Morgan fingerprint density at radius 1 is 1.39 bits per heavy atom. The van der Waals surface area contributed by atoms with Crippen molar-refractivity contribution in [3.63, 3.8) is 0 Å². The summed E-state index contributed by atoms with van der Waals surface area (Å²) in [5.41, 5.74) is 1.67. The Hall–Kier alpha value is -1.01. The highest BCUT2D eigenvalue weighted by molar-refractivity contribution is 9.08. The molecular formula is C12H14BrF2NO2. The van der Waals surface area contributed by atoms with E-state index in [0.717, 1.165) is 5.56 Å². The largest absolute Gasteiger partial charge is 0.375 e. The molecular weight excluding hydrogens is 308 g/mol. The van der Waals surface area contributed by atoms with Gasteiger partial charge in [-0.05, 0) is 11.6 Å². The van der Waals surface area contributed by atoms with E-state index in [1.54, 1.807) is 6.07 Å². The van der Waals surface area contributed by atoms with Gasteiger partial charge in [-0.15, -0.1) is 0 Å². The SMILES string of the molecule is O=C(CCOCC(F)F)Nc1ccccc1CBr. The van der Waals surface area contributed by atoms with Crippen LogP contribution in [0.15, 0.2) is 24.3 Å². The Balaban J connectivity index is 2.35. The number of carbonyl (C=O) groups excluding carboxylic acids is 1. The maximum absolute atomic E-state index is 11.8. The molecule has 0 fully saturated rings. The molecule has 1 N–H and O–H groups in total. The first-order valence-electron chi connectivity index (χ1n) is 5.43. The summed E-state index contributed by atoms with van der Waals surface area (Å²) < 4.78 is 28.2. The van der Waals surface area contributed by atoms with Crippen LogP contribution in [0.5, 0.6) is 0 Å². The van der Waals surface area contributed by atoms with Gasteiger partial charge in [-0.25, -0.2) is 8.78 Å². The van der Waals surface area contributed by atoms with Crippen molar-refractivity contribution in [2.75, 3.05) is 18.5 Å². The van der Waals surface area contributed by atoms with E-state index < -0.39 is 13.0 Å². The molecule has 3 nitrogen and oxygen atoms in total. The van der Waals surface area contributed by atoms with E-state index >= 15 is 0 Å². The third-order valence-corrected chi connectivity index (χ3v) is 2.76. The Labute approximate surface area is 113 Å². The van der Waals surface area contributed by atoms with Crippen molar-refractivity contribution < 1.29 is 18.3 Å². The van der Waals surface area contributed by atoms with Crippen molar-refractivity contribution in [2.24, 2.45) is 0 Å². The maximum atomic E-state index is 11.8. The van der Waals surface area contributed by atoms with E-state index in [0.29, 0.717) is 11.0 Å². The summed E-state index contributed by atoms with van der Waals surface area (Å²) >= 11 is 3.32. The molecule has 0 aliphatic heterocycles. The Bertz CT molecular complexity index is 388. The van der Waals surface area contributed by atoms with Crippen molar-refractivity contribution in [1.82, 2.24) is 0 Å². The summed E-state index contributed by atoms with van der Waals surface area (Å²) in [6.45, 7) is -0.641. The highest BCUT2D eigenvalue weighted by Crippen LogP contribution is 2.17. The van der Waals surface area contributed by atoms with Gasteiger partial charge in [0.05, 0.1) is 13.0 Å². The second-order valence-corrected chi connectivity index (χ2v) is 4.12. The molecule has 0 unspecified atom stereocenters. The van der Waals surface area contributed by atoms with Gasteiger partial charge >= 0.3 is 0 Å². The van der Waals surface area contributed by atoms with Crippen LogP contribution < -0.4 is 5.32 Å². The monoisotopic (exact) mass is 321 g/mol. The normalized spacial score (nSPS) is 10.7. The lowest BCUT2D eigenvalue weighted by atomic mass is 10.2. The number of amides is 1. The van der Waals surface area contributed by atoms with Gasteiger partial charge in [0.25, 0.3) is 6.43 Å². The van der Waals surface area contributed by atoms with Gasteiger partial charge < -0.3 is 10.1 Å². The number of para-hydroxylation sites is 1. The average Bonchev–Trinajstić information content (AvgIpc) is 2.35. The second-order valence-electron chi connectivity index (χ2n) is 3.55. The lowest BCUT2D eigenvalue weighted by Gasteiger charge is -2.09. The molecule has 100 valence electrons. The van der Waals surface area contributed by atoms with E-state index in [1.807, 2.05) is 18.2 Å². The minimum Gasteiger partial charge on any atom is -0.375 e. The third-order valence-electron chi connectivity index (χ3n) is 2.15. The molecule has 1 aromatic carbocycles. The predicted octanol–water partition coefficient (Wildman–Crippen LogP) is 3.19. The fraction of sp³-hybridized carbons (Fsp3) is 0.417. The molecule has 0 heterocycles. The fourth-order valence-corrected chi connectivity index (χ4v) is 1.80. The highest BCUT2D eigenvalue weighted by atomic mass is 79.9. The maximum Gasteiger partial charge on any atom is 0.261 e. The number of anilines is 1. The Kier molecular flexibility index (Phi) is 6.82. The number of ether oxygens (including phenoxy) is 1. The van der Waals surface area contributed by atoms with E-state index in [4.69, 9.17) is 0 Å². The van der Waals surface area contributed by atoms with Crippen LogP contribution in [-0.2, 0) is 14.9 Å². The first-order valence-corrected chi connectivity index (χ1v) is 6.55. The van der Waals surface area contributed by atoms with E-state index in [9.17, 15) is 13.6 Å². The van der Waals surface area contributed by atoms with Crippen LogP contribution >= 0.6 is 15.9 Å². The van der Waals surface area contributed by atoms with Crippen molar-refractivity contribution in [1.29, 1.82) is 0 Å². The molecule has 1 aromatic rings. The molecule has 0 aliphatic rings. The molecule has 1 rings (SSSR count). The summed E-state index contributed by atoms with van der Waals surface area (Å²) in [6, 6.07) is 7.36. The van der Waals surface area contributed by atoms with Gasteiger partial charge in [0.1, 0.15) is 6.61 Å². The Morgan fingerprint density at radius 2 is 2.11 bits per heavy atom. The van der Waals surface area contributed by atoms with Crippen LogP contribution in [0.3, 0.4) is 0 Å². The van der Waals surface area contributed by atoms with Crippen molar-refractivity contribution in [3.05, 3.63) is 29.8 Å². The predicted molar refractivity (Wildman–Crippen MR) is 69.1 cm³/mol. The lowest BCUT2D eigenvalue weighted by Crippen LogP contribution is -2.16. The molecule has 0 spiro atoms. The quantitative estimate of drug-likeness (QED) is 0.618. The minimum absolute atomic E-state index is 0.00729. The summed E-state index contributed by atoms with van der Waals surface area (Å²) in [5, 5.41) is 3.34. The summed E-state index contributed by atoms with van der Waals surface area (Å²) in [4.78, 5) is 11.5. The van der Waals surface area contributed by atoms with Gasteiger partial charge in [-0.1, -0.05) is 34.1 Å². The Morgan fingerprint density at radius 3 is 2.78 bits per heavy atom. The van der Waals surface area contributed by atoms with Gasteiger partial charge in [-0.3, -0.25) is 4.79 Å². The van der Waals surface area contributed by atoms with Gasteiger partial charge in [0.15, 0.2) is 0 Å². The first kappa shape index (κ1) is 15.0. The van der Waals surface area contributed by atoms with Crippen molar-refractivity contribution in [2.45, 2.75) is 18.2 Å². The number of rotatable bonds is 7.